The van der Waals surface area contributed by atoms with Gasteiger partial charge in [-0.25, -0.2) is 4.98 Å². The summed E-state index contributed by atoms with van der Waals surface area (Å²) in [6.07, 6.45) is 2.42. The second kappa shape index (κ2) is 9.53. The van der Waals surface area contributed by atoms with E-state index in [0.29, 0.717) is 24.9 Å². The third-order valence-electron chi connectivity index (χ3n) is 4.82. The van der Waals surface area contributed by atoms with E-state index in [4.69, 9.17) is 9.47 Å². The van der Waals surface area contributed by atoms with E-state index in [-0.39, 0.29) is 12.6 Å². The molecule has 0 bridgehead atoms. The number of ether oxygens (including phenoxy) is 2. The van der Waals surface area contributed by atoms with Crippen molar-refractivity contribution in [2.45, 2.75) is 25.9 Å². The molecule has 1 N–H and O–H groups in total. The number of methoxy groups -OCH3 is 1. The number of anilines is 1. The zero-order chi connectivity index (χ0) is 19.1. The molecule has 1 aliphatic rings. The molecule has 2 heterocycles. The smallest absolute Gasteiger partial charge is 0.228 e. The van der Waals surface area contributed by atoms with Gasteiger partial charge in [0.2, 0.25) is 11.8 Å². The Labute approximate surface area is 160 Å². The van der Waals surface area contributed by atoms with Gasteiger partial charge in [0.25, 0.3) is 0 Å². The zero-order valence-electron chi connectivity index (χ0n) is 16.0. The topological polar surface area (TPSA) is 71.0 Å². The Morgan fingerprint density at radius 1 is 1.22 bits per heavy atom. The number of aliphatic hydroxyl groups is 1. The molecule has 7 nitrogen and oxygen atoms in total. The quantitative estimate of drug-likeness (QED) is 0.759. The van der Waals surface area contributed by atoms with Crippen LogP contribution in [0.1, 0.15) is 18.9 Å². The first-order chi connectivity index (χ1) is 13.2. The van der Waals surface area contributed by atoms with Crippen molar-refractivity contribution in [3.05, 3.63) is 42.1 Å². The SMILES string of the molecule is CCOc1ccccc1CN1CCN(c2nccc(OC)n2)C[C@H]1CCO. The summed E-state index contributed by atoms with van der Waals surface area (Å²) in [5.41, 5.74) is 1.17. The molecular weight excluding hydrogens is 344 g/mol. The van der Waals surface area contributed by atoms with Gasteiger partial charge in [0.05, 0.1) is 13.7 Å². The maximum absolute atomic E-state index is 9.56. The van der Waals surface area contributed by atoms with Crippen molar-refractivity contribution in [2.24, 2.45) is 0 Å². The number of rotatable bonds is 8. The van der Waals surface area contributed by atoms with Crippen LogP contribution >= 0.6 is 0 Å². The van der Waals surface area contributed by atoms with E-state index in [1.165, 1.54) is 5.56 Å². The van der Waals surface area contributed by atoms with Gasteiger partial charge >= 0.3 is 0 Å². The molecule has 27 heavy (non-hydrogen) atoms. The molecule has 1 fully saturated rings. The summed E-state index contributed by atoms with van der Waals surface area (Å²) in [5, 5.41) is 9.56. The molecule has 0 spiro atoms. The van der Waals surface area contributed by atoms with Crippen molar-refractivity contribution in [3.63, 3.8) is 0 Å². The molecule has 1 saturated heterocycles. The molecule has 7 heteroatoms. The van der Waals surface area contributed by atoms with Crippen LogP contribution in [0.2, 0.25) is 0 Å². The van der Waals surface area contributed by atoms with Crippen LogP contribution in [0.3, 0.4) is 0 Å². The third-order valence-corrected chi connectivity index (χ3v) is 4.82. The van der Waals surface area contributed by atoms with Crippen LogP contribution in [0.15, 0.2) is 36.5 Å². The summed E-state index contributed by atoms with van der Waals surface area (Å²) in [6.45, 7) is 6.06. The van der Waals surface area contributed by atoms with E-state index in [0.717, 1.165) is 31.9 Å². The Kier molecular flexibility index (Phi) is 6.84. The Balaban J connectivity index is 1.73. The Morgan fingerprint density at radius 3 is 2.85 bits per heavy atom. The van der Waals surface area contributed by atoms with Gasteiger partial charge in [-0.05, 0) is 19.4 Å². The van der Waals surface area contributed by atoms with Crippen molar-refractivity contribution < 1.29 is 14.6 Å². The van der Waals surface area contributed by atoms with Crippen molar-refractivity contribution in [1.82, 2.24) is 14.9 Å². The second-order valence-electron chi connectivity index (χ2n) is 6.52. The average molecular weight is 372 g/mol. The predicted octanol–water partition coefficient (Wildman–Crippen LogP) is 1.96. The van der Waals surface area contributed by atoms with E-state index in [1.807, 2.05) is 25.1 Å². The largest absolute Gasteiger partial charge is 0.494 e. The number of hydrogen-bond donors (Lipinski definition) is 1. The van der Waals surface area contributed by atoms with Crippen molar-refractivity contribution >= 4 is 5.95 Å². The number of hydrogen-bond acceptors (Lipinski definition) is 7. The van der Waals surface area contributed by atoms with Gasteiger partial charge in [0.1, 0.15) is 5.75 Å². The van der Waals surface area contributed by atoms with Gasteiger partial charge in [0, 0.05) is 56.7 Å². The lowest BCUT2D eigenvalue weighted by Gasteiger charge is -2.41. The van der Waals surface area contributed by atoms with E-state index in [9.17, 15) is 5.11 Å². The minimum Gasteiger partial charge on any atom is -0.494 e. The lowest BCUT2D eigenvalue weighted by atomic mass is 10.1. The van der Waals surface area contributed by atoms with E-state index in [1.54, 1.807) is 19.4 Å². The van der Waals surface area contributed by atoms with Gasteiger partial charge in [0.15, 0.2) is 0 Å². The van der Waals surface area contributed by atoms with Gasteiger partial charge in [-0.15, -0.1) is 0 Å². The number of benzene rings is 1. The molecule has 1 aliphatic heterocycles. The van der Waals surface area contributed by atoms with E-state index >= 15 is 0 Å². The highest BCUT2D eigenvalue weighted by Crippen LogP contribution is 2.24. The minimum absolute atomic E-state index is 0.154. The Morgan fingerprint density at radius 2 is 2.07 bits per heavy atom. The zero-order valence-corrected chi connectivity index (χ0v) is 16.0. The summed E-state index contributed by atoms with van der Waals surface area (Å²) in [5.74, 6) is 2.17. The van der Waals surface area contributed by atoms with Gasteiger partial charge in [-0.2, -0.15) is 4.98 Å². The van der Waals surface area contributed by atoms with Crippen LogP contribution in [0, 0.1) is 0 Å². The fourth-order valence-electron chi connectivity index (χ4n) is 3.45. The molecule has 2 aromatic rings. The van der Waals surface area contributed by atoms with Crippen LogP contribution in [0.25, 0.3) is 0 Å². The van der Waals surface area contributed by atoms with Crippen LogP contribution in [0.4, 0.5) is 5.95 Å². The first-order valence-electron chi connectivity index (χ1n) is 9.42. The van der Waals surface area contributed by atoms with Crippen molar-refractivity contribution in [2.75, 3.05) is 44.9 Å². The highest BCUT2D eigenvalue weighted by atomic mass is 16.5. The minimum atomic E-state index is 0.154. The average Bonchev–Trinajstić information content (AvgIpc) is 2.71. The number of nitrogens with zero attached hydrogens (tertiary/aromatic N) is 4. The Bertz CT molecular complexity index is 728. The third kappa shape index (κ3) is 4.87. The number of aromatic nitrogens is 2. The molecule has 0 unspecified atom stereocenters. The van der Waals surface area contributed by atoms with Gasteiger partial charge in [-0.3, -0.25) is 4.90 Å². The fourth-order valence-corrected chi connectivity index (χ4v) is 3.45. The molecule has 0 aliphatic carbocycles. The molecule has 3 rings (SSSR count). The summed E-state index contributed by atoms with van der Waals surface area (Å²) >= 11 is 0. The second-order valence-corrected chi connectivity index (χ2v) is 6.52. The predicted molar refractivity (Wildman–Crippen MR) is 104 cm³/mol. The van der Waals surface area contributed by atoms with Crippen molar-refractivity contribution in [1.29, 1.82) is 0 Å². The molecule has 1 aromatic heterocycles. The molecule has 146 valence electrons. The van der Waals surface area contributed by atoms with Crippen molar-refractivity contribution in [3.8, 4) is 11.6 Å². The fraction of sp³-hybridized carbons (Fsp3) is 0.500. The lowest BCUT2D eigenvalue weighted by Crippen LogP contribution is -2.53. The molecule has 1 atom stereocenters. The normalized spacial score (nSPS) is 17.7. The standard InChI is InChI=1S/C20H28N4O3/c1-3-27-18-7-5-4-6-16(18)14-23-11-12-24(15-17(23)9-13-25)20-21-10-8-19(22-20)26-2/h4-8,10,17,25H,3,9,11-15H2,1-2H3/t17-/m1/s1. The van der Waals surface area contributed by atoms with E-state index < -0.39 is 0 Å². The first-order valence-corrected chi connectivity index (χ1v) is 9.42. The maximum Gasteiger partial charge on any atom is 0.228 e. The van der Waals surface area contributed by atoms with Crippen LogP contribution in [-0.4, -0.2) is 66.0 Å². The van der Waals surface area contributed by atoms with E-state index in [2.05, 4.69) is 25.8 Å². The van der Waals surface area contributed by atoms with Gasteiger partial charge in [-0.1, -0.05) is 18.2 Å². The lowest BCUT2D eigenvalue weighted by molar-refractivity contribution is 0.133. The molecule has 1 aromatic carbocycles. The summed E-state index contributed by atoms with van der Waals surface area (Å²) < 4.78 is 11.0. The number of para-hydroxylation sites is 1. The monoisotopic (exact) mass is 372 g/mol. The number of aliphatic hydroxyl groups excluding tert-OH is 1. The first kappa shape index (κ1) is 19.4. The molecular formula is C20H28N4O3. The van der Waals surface area contributed by atoms with Crippen LogP contribution in [0.5, 0.6) is 11.6 Å². The summed E-state index contributed by atoms with van der Waals surface area (Å²) in [6, 6.07) is 10.1. The highest BCUT2D eigenvalue weighted by Gasteiger charge is 2.28. The summed E-state index contributed by atoms with van der Waals surface area (Å²) in [4.78, 5) is 13.4. The summed E-state index contributed by atoms with van der Waals surface area (Å²) in [7, 11) is 1.61. The highest BCUT2D eigenvalue weighted by molar-refractivity contribution is 5.35. The molecule has 0 saturated carbocycles. The molecule has 0 amide bonds. The maximum atomic E-state index is 9.56. The van der Waals surface area contributed by atoms with Crippen LogP contribution in [-0.2, 0) is 6.54 Å². The number of piperazine rings is 1. The Hall–Kier alpha value is -2.38. The van der Waals surface area contributed by atoms with Crippen LogP contribution < -0.4 is 14.4 Å². The van der Waals surface area contributed by atoms with Gasteiger partial charge < -0.3 is 19.5 Å². The molecule has 0 radical (unpaired) electrons.